The number of carboxylic acid groups (broad SMARTS) is 1. The average Bonchev–Trinajstić information content (AvgIpc) is 2.45. The molecule has 0 spiro atoms. The Morgan fingerprint density at radius 1 is 1.33 bits per heavy atom. The Bertz CT molecular complexity index is 513. The lowest BCUT2D eigenvalue weighted by molar-refractivity contribution is -0.139. The smallest absolute Gasteiger partial charge is 0.303 e. The summed E-state index contributed by atoms with van der Waals surface area (Å²) in [7, 11) is 0. The molecule has 0 bridgehead atoms. The number of rotatable bonds is 5. The first-order chi connectivity index (χ1) is 10.1. The molecule has 2 rings (SSSR count). The number of aryl methyl sites for hydroxylation is 1. The first kappa shape index (κ1) is 15.5. The number of nitrogens with zero attached hydrogens (tertiary/aromatic N) is 1. The Morgan fingerprint density at radius 2 is 2.14 bits per heavy atom. The van der Waals surface area contributed by atoms with E-state index >= 15 is 0 Å². The van der Waals surface area contributed by atoms with Gasteiger partial charge in [0.1, 0.15) is 0 Å². The van der Waals surface area contributed by atoms with Crippen LogP contribution in [0.1, 0.15) is 43.2 Å². The van der Waals surface area contributed by atoms with Crippen molar-refractivity contribution in [2.75, 3.05) is 6.54 Å². The summed E-state index contributed by atoms with van der Waals surface area (Å²) in [5.74, 6) is -0.664. The summed E-state index contributed by atoms with van der Waals surface area (Å²) in [6, 6.07) is 8.09. The second kappa shape index (κ2) is 7.25. The minimum Gasteiger partial charge on any atom is -0.481 e. The van der Waals surface area contributed by atoms with Crippen molar-refractivity contribution in [1.29, 1.82) is 0 Å². The maximum Gasteiger partial charge on any atom is 0.303 e. The molecule has 0 unspecified atom stereocenters. The number of hydrogen-bond donors (Lipinski definition) is 1. The molecule has 0 aliphatic carbocycles. The zero-order chi connectivity index (χ0) is 15.2. The first-order valence-electron chi connectivity index (χ1n) is 7.63. The number of hydrogen-bond acceptors (Lipinski definition) is 2. The highest BCUT2D eigenvalue weighted by molar-refractivity contribution is 5.79. The van der Waals surface area contributed by atoms with Crippen LogP contribution in [0.2, 0.25) is 0 Å². The first-order valence-corrected chi connectivity index (χ1v) is 7.63. The molecule has 4 heteroatoms. The van der Waals surface area contributed by atoms with Gasteiger partial charge in [-0.25, -0.2) is 0 Å². The molecule has 1 fully saturated rings. The quantitative estimate of drug-likeness (QED) is 0.906. The van der Waals surface area contributed by atoms with Crippen LogP contribution >= 0.6 is 0 Å². The van der Waals surface area contributed by atoms with Crippen molar-refractivity contribution >= 4 is 11.9 Å². The van der Waals surface area contributed by atoms with E-state index in [0.717, 1.165) is 36.9 Å². The zero-order valence-corrected chi connectivity index (χ0v) is 12.5. The lowest BCUT2D eigenvalue weighted by Crippen LogP contribution is -2.44. The SMILES string of the molecule is Cc1cccc(CC(=O)N2CCCC[C@H]2CCC(=O)O)c1. The molecule has 1 aliphatic heterocycles. The second-order valence-electron chi connectivity index (χ2n) is 5.83. The van der Waals surface area contributed by atoms with Gasteiger partial charge in [0.15, 0.2) is 0 Å². The summed E-state index contributed by atoms with van der Waals surface area (Å²) in [5.41, 5.74) is 2.18. The van der Waals surface area contributed by atoms with E-state index in [1.54, 1.807) is 0 Å². The van der Waals surface area contributed by atoms with Crippen LogP contribution in [0, 0.1) is 6.92 Å². The summed E-state index contributed by atoms with van der Waals surface area (Å²) in [6.45, 7) is 2.78. The van der Waals surface area contributed by atoms with Gasteiger partial charge in [-0.05, 0) is 38.2 Å². The molecule has 1 aromatic rings. The molecule has 0 aromatic heterocycles. The van der Waals surface area contributed by atoms with E-state index in [4.69, 9.17) is 5.11 Å². The highest BCUT2D eigenvalue weighted by Crippen LogP contribution is 2.22. The van der Waals surface area contributed by atoms with Gasteiger partial charge in [0.05, 0.1) is 6.42 Å². The Labute approximate surface area is 125 Å². The van der Waals surface area contributed by atoms with Gasteiger partial charge in [0.2, 0.25) is 5.91 Å². The van der Waals surface area contributed by atoms with Crippen LogP contribution in [-0.2, 0) is 16.0 Å². The van der Waals surface area contributed by atoms with Crippen LogP contribution in [0.15, 0.2) is 24.3 Å². The number of carbonyl (C=O) groups is 2. The van der Waals surface area contributed by atoms with Crippen LogP contribution in [0.4, 0.5) is 0 Å². The number of benzene rings is 1. The fourth-order valence-electron chi connectivity index (χ4n) is 3.02. The molecule has 4 nitrogen and oxygen atoms in total. The van der Waals surface area contributed by atoms with E-state index in [-0.39, 0.29) is 18.4 Å². The molecular weight excluding hydrogens is 266 g/mol. The average molecular weight is 289 g/mol. The Kier molecular flexibility index (Phi) is 5.37. The van der Waals surface area contributed by atoms with Gasteiger partial charge in [-0.1, -0.05) is 29.8 Å². The third-order valence-electron chi connectivity index (χ3n) is 4.08. The van der Waals surface area contributed by atoms with E-state index < -0.39 is 5.97 Å². The van der Waals surface area contributed by atoms with E-state index in [9.17, 15) is 9.59 Å². The van der Waals surface area contributed by atoms with Crippen LogP contribution in [0.5, 0.6) is 0 Å². The van der Waals surface area contributed by atoms with Gasteiger partial charge in [-0.3, -0.25) is 9.59 Å². The Balaban J connectivity index is 1.99. The molecule has 1 atom stereocenters. The molecule has 1 aliphatic rings. The second-order valence-corrected chi connectivity index (χ2v) is 5.83. The van der Waals surface area contributed by atoms with Crippen LogP contribution in [0.3, 0.4) is 0 Å². The standard InChI is InChI=1S/C17H23NO3/c1-13-5-4-6-14(11-13)12-16(19)18-10-3-2-7-15(18)8-9-17(20)21/h4-6,11,15H,2-3,7-10,12H2,1H3,(H,20,21)/t15-/m0/s1. The molecule has 114 valence electrons. The topological polar surface area (TPSA) is 57.6 Å². The number of amides is 1. The van der Waals surface area contributed by atoms with Gasteiger partial charge in [0.25, 0.3) is 0 Å². The molecule has 0 saturated carbocycles. The normalized spacial score (nSPS) is 18.5. The highest BCUT2D eigenvalue weighted by atomic mass is 16.4. The molecular formula is C17H23NO3. The molecule has 1 amide bonds. The predicted octanol–water partition coefficient (Wildman–Crippen LogP) is 2.78. The predicted molar refractivity (Wildman–Crippen MR) is 81.1 cm³/mol. The Morgan fingerprint density at radius 3 is 2.86 bits per heavy atom. The van der Waals surface area contributed by atoms with Gasteiger partial charge in [-0.2, -0.15) is 0 Å². The molecule has 1 saturated heterocycles. The number of likely N-dealkylation sites (tertiary alicyclic amines) is 1. The van der Waals surface area contributed by atoms with E-state index in [1.807, 2.05) is 36.1 Å². The van der Waals surface area contributed by atoms with Gasteiger partial charge in [-0.15, -0.1) is 0 Å². The van der Waals surface area contributed by atoms with Gasteiger partial charge < -0.3 is 10.0 Å². The fraction of sp³-hybridized carbons (Fsp3) is 0.529. The van der Waals surface area contributed by atoms with Crippen molar-refractivity contribution in [3.63, 3.8) is 0 Å². The minimum absolute atomic E-state index is 0.0900. The monoisotopic (exact) mass is 289 g/mol. The van der Waals surface area contributed by atoms with Crippen molar-refractivity contribution in [3.05, 3.63) is 35.4 Å². The summed E-state index contributed by atoms with van der Waals surface area (Å²) in [4.78, 5) is 25.2. The molecule has 0 radical (unpaired) electrons. The third kappa shape index (κ3) is 4.59. The van der Waals surface area contributed by atoms with Crippen molar-refractivity contribution in [2.45, 2.75) is 51.5 Å². The molecule has 1 heterocycles. The fourth-order valence-corrected chi connectivity index (χ4v) is 3.02. The van der Waals surface area contributed by atoms with Crippen molar-refractivity contribution < 1.29 is 14.7 Å². The zero-order valence-electron chi connectivity index (χ0n) is 12.5. The van der Waals surface area contributed by atoms with E-state index in [2.05, 4.69) is 0 Å². The van der Waals surface area contributed by atoms with Crippen LogP contribution in [-0.4, -0.2) is 34.5 Å². The maximum absolute atomic E-state index is 12.5. The van der Waals surface area contributed by atoms with Crippen LogP contribution in [0.25, 0.3) is 0 Å². The minimum atomic E-state index is -0.786. The maximum atomic E-state index is 12.5. The van der Waals surface area contributed by atoms with Crippen LogP contribution < -0.4 is 0 Å². The molecule has 1 aromatic carbocycles. The van der Waals surface area contributed by atoms with Crippen molar-refractivity contribution in [1.82, 2.24) is 4.90 Å². The Hall–Kier alpha value is -1.84. The summed E-state index contributed by atoms with van der Waals surface area (Å²) < 4.78 is 0. The summed E-state index contributed by atoms with van der Waals surface area (Å²) >= 11 is 0. The van der Waals surface area contributed by atoms with E-state index in [1.165, 1.54) is 0 Å². The van der Waals surface area contributed by atoms with E-state index in [0.29, 0.717) is 12.8 Å². The third-order valence-corrected chi connectivity index (χ3v) is 4.08. The number of carbonyl (C=O) groups excluding carboxylic acids is 1. The lowest BCUT2D eigenvalue weighted by atomic mass is 9.97. The van der Waals surface area contributed by atoms with Gasteiger partial charge in [0, 0.05) is 19.0 Å². The van der Waals surface area contributed by atoms with Crippen molar-refractivity contribution in [3.8, 4) is 0 Å². The summed E-state index contributed by atoms with van der Waals surface area (Å²) in [5, 5.41) is 8.83. The molecule has 21 heavy (non-hydrogen) atoms. The number of aliphatic carboxylic acids is 1. The van der Waals surface area contributed by atoms with Crippen molar-refractivity contribution in [2.24, 2.45) is 0 Å². The van der Waals surface area contributed by atoms with Gasteiger partial charge >= 0.3 is 5.97 Å². The number of piperidine rings is 1. The lowest BCUT2D eigenvalue weighted by Gasteiger charge is -2.36. The summed E-state index contributed by atoms with van der Waals surface area (Å²) in [6.07, 6.45) is 4.13. The number of carboxylic acids is 1. The largest absolute Gasteiger partial charge is 0.481 e. The highest BCUT2D eigenvalue weighted by Gasteiger charge is 2.26. The molecule has 1 N–H and O–H groups in total.